The smallest absolute Gasteiger partial charge is 0.418 e. The molecule has 0 bridgehead atoms. The number of anilines is 1. The number of hydrogen-bond acceptors (Lipinski definition) is 2. The monoisotopic (exact) mass is 352 g/mol. The lowest BCUT2D eigenvalue weighted by Crippen LogP contribution is -2.29. The Hall–Kier alpha value is -2.70. The normalized spacial score (nSPS) is 11.1. The molecule has 0 saturated heterocycles. The van der Waals surface area contributed by atoms with Crippen molar-refractivity contribution in [2.24, 2.45) is 0 Å². The van der Waals surface area contributed by atoms with Crippen LogP contribution in [0.15, 0.2) is 42.5 Å². The molecule has 25 heavy (non-hydrogen) atoms. The lowest BCUT2D eigenvalue weighted by Gasteiger charge is -2.16. The fourth-order valence-electron chi connectivity index (χ4n) is 2.27. The third-order valence-corrected chi connectivity index (χ3v) is 3.56. The maximum Gasteiger partial charge on any atom is 0.418 e. The molecule has 134 valence electrons. The number of aryl methyl sites for hydroxylation is 1. The van der Waals surface area contributed by atoms with E-state index in [1.54, 1.807) is 6.92 Å². The average Bonchev–Trinajstić information content (AvgIpc) is 2.55. The Morgan fingerprint density at radius 2 is 1.88 bits per heavy atom. The van der Waals surface area contributed by atoms with Crippen LogP contribution in [0, 0.1) is 6.92 Å². The zero-order valence-electron chi connectivity index (χ0n) is 13.9. The predicted octanol–water partition coefficient (Wildman–Crippen LogP) is 4.73. The minimum absolute atomic E-state index is 0.0979. The van der Waals surface area contributed by atoms with Gasteiger partial charge in [0, 0.05) is 6.54 Å². The third-order valence-electron chi connectivity index (χ3n) is 3.56. The van der Waals surface area contributed by atoms with Crippen molar-refractivity contribution in [3.63, 3.8) is 0 Å². The highest BCUT2D eigenvalue weighted by molar-refractivity contribution is 5.90. The molecule has 0 fully saturated rings. The maximum atomic E-state index is 13.2. The van der Waals surface area contributed by atoms with Gasteiger partial charge in [-0.3, -0.25) is 0 Å². The first-order valence-corrected chi connectivity index (χ1v) is 7.74. The lowest BCUT2D eigenvalue weighted by atomic mass is 10.1. The molecule has 0 spiro atoms. The number of urea groups is 1. The molecular formula is C18H19F3N2O2. The van der Waals surface area contributed by atoms with Gasteiger partial charge in [0.05, 0.1) is 17.9 Å². The lowest BCUT2D eigenvalue weighted by molar-refractivity contribution is -0.137. The number of halogens is 3. The Bertz CT molecular complexity index is 745. The molecule has 7 heteroatoms. The van der Waals surface area contributed by atoms with Crippen molar-refractivity contribution in [2.75, 3.05) is 11.9 Å². The number of rotatable bonds is 5. The van der Waals surface area contributed by atoms with Crippen molar-refractivity contribution in [1.82, 2.24) is 5.32 Å². The molecule has 0 aliphatic carbocycles. The van der Waals surface area contributed by atoms with E-state index < -0.39 is 17.8 Å². The van der Waals surface area contributed by atoms with Crippen LogP contribution < -0.4 is 15.4 Å². The summed E-state index contributed by atoms with van der Waals surface area (Å²) < 4.78 is 44.7. The van der Waals surface area contributed by atoms with Gasteiger partial charge in [0.1, 0.15) is 5.75 Å². The van der Waals surface area contributed by atoms with E-state index in [9.17, 15) is 18.0 Å². The zero-order chi connectivity index (χ0) is 18.4. The molecule has 0 aromatic heterocycles. The second-order valence-electron chi connectivity index (χ2n) is 5.37. The molecule has 2 aromatic rings. The van der Waals surface area contributed by atoms with Gasteiger partial charge < -0.3 is 15.4 Å². The van der Waals surface area contributed by atoms with E-state index in [1.165, 1.54) is 12.1 Å². The highest BCUT2D eigenvalue weighted by atomic mass is 19.4. The Morgan fingerprint density at radius 3 is 2.52 bits per heavy atom. The molecule has 0 radical (unpaired) electrons. The first kappa shape index (κ1) is 18.6. The standard InChI is InChI=1S/C18H19F3N2O2/c1-3-25-14-8-9-16(15(10-14)18(19,20)21)23-17(24)22-11-13-7-5-4-6-12(13)2/h4-10H,3,11H2,1-2H3,(H2,22,23,24). The SMILES string of the molecule is CCOc1ccc(NC(=O)NCc2ccccc2C)c(C(F)(F)F)c1. The molecule has 0 atom stereocenters. The average molecular weight is 352 g/mol. The number of nitrogens with one attached hydrogen (secondary N) is 2. The quantitative estimate of drug-likeness (QED) is 0.817. The molecule has 0 heterocycles. The van der Waals surface area contributed by atoms with E-state index in [1.807, 2.05) is 31.2 Å². The number of carbonyl (C=O) groups is 1. The molecule has 2 aromatic carbocycles. The Kier molecular flexibility index (Phi) is 5.90. The fraction of sp³-hybridized carbons (Fsp3) is 0.278. The van der Waals surface area contributed by atoms with Crippen LogP contribution >= 0.6 is 0 Å². The molecule has 0 aliphatic rings. The van der Waals surface area contributed by atoms with Crippen LogP contribution in [0.4, 0.5) is 23.7 Å². The summed E-state index contributed by atoms with van der Waals surface area (Å²) in [6.45, 7) is 4.04. The van der Waals surface area contributed by atoms with Crippen LogP contribution in [0.2, 0.25) is 0 Å². The third kappa shape index (κ3) is 5.14. The van der Waals surface area contributed by atoms with Crippen LogP contribution in [0.5, 0.6) is 5.75 Å². The minimum Gasteiger partial charge on any atom is -0.494 e. The number of hydrogen-bond donors (Lipinski definition) is 2. The number of alkyl halides is 3. The second-order valence-corrected chi connectivity index (χ2v) is 5.37. The Labute approximate surface area is 144 Å². The van der Waals surface area contributed by atoms with Gasteiger partial charge in [-0.15, -0.1) is 0 Å². The number of benzene rings is 2. The van der Waals surface area contributed by atoms with Gasteiger partial charge in [0.2, 0.25) is 0 Å². The predicted molar refractivity (Wildman–Crippen MR) is 89.7 cm³/mol. The number of carbonyl (C=O) groups excluding carboxylic acids is 1. The van der Waals surface area contributed by atoms with Crippen molar-refractivity contribution in [3.8, 4) is 5.75 Å². The van der Waals surface area contributed by atoms with E-state index in [-0.39, 0.29) is 24.6 Å². The van der Waals surface area contributed by atoms with Crippen molar-refractivity contribution in [1.29, 1.82) is 0 Å². The van der Waals surface area contributed by atoms with Crippen molar-refractivity contribution in [2.45, 2.75) is 26.6 Å². The van der Waals surface area contributed by atoms with Crippen molar-refractivity contribution < 1.29 is 22.7 Å². The van der Waals surface area contributed by atoms with Gasteiger partial charge >= 0.3 is 12.2 Å². The summed E-state index contributed by atoms with van der Waals surface area (Å²) in [7, 11) is 0. The van der Waals surface area contributed by atoms with Crippen LogP contribution in [0.25, 0.3) is 0 Å². The summed E-state index contributed by atoms with van der Waals surface area (Å²) in [5, 5.41) is 4.81. The summed E-state index contributed by atoms with van der Waals surface area (Å²) in [6, 6.07) is 10.2. The first-order valence-electron chi connectivity index (χ1n) is 7.74. The molecule has 2 amide bonds. The van der Waals surface area contributed by atoms with Gasteiger partial charge in [0.25, 0.3) is 0 Å². The van der Waals surface area contributed by atoms with Crippen molar-refractivity contribution >= 4 is 11.7 Å². The Morgan fingerprint density at radius 1 is 1.16 bits per heavy atom. The maximum absolute atomic E-state index is 13.2. The van der Waals surface area contributed by atoms with Crippen molar-refractivity contribution in [3.05, 3.63) is 59.2 Å². The molecular weight excluding hydrogens is 333 g/mol. The van der Waals surface area contributed by atoms with Crippen LogP contribution in [0.3, 0.4) is 0 Å². The van der Waals surface area contributed by atoms with Crippen LogP contribution in [0.1, 0.15) is 23.6 Å². The van der Waals surface area contributed by atoms with Gasteiger partial charge in [-0.1, -0.05) is 24.3 Å². The molecule has 0 saturated carbocycles. The highest BCUT2D eigenvalue weighted by Gasteiger charge is 2.34. The topological polar surface area (TPSA) is 50.4 Å². The number of amides is 2. The summed E-state index contributed by atoms with van der Waals surface area (Å²) in [5.41, 5.74) is 0.600. The van der Waals surface area contributed by atoms with Gasteiger partial charge in [-0.05, 0) is 43.2 Å². The van der Waals surface area contributed by atoms with E-state index >= 15 is 0 Å². The van der Waals surface area contributed by atoms with E-state index in [0.717, 1.165) is 17.2 Å². The summed E-state index contributed by atoms with van der Waals surface area (Å²) >= 11 is 0. The second kappa shape index (κ2) is 7.92. The molecule has 2 N–H and O–H groups in total. The van der Waals surface area contributed by atoms with Gasteiger partial charge in [-0.2, -0.15) is 13.2 Å². The molecule has 4 nitrogen and oxygen atoms in total. The largest absolute Gasteiger partial charge is 0.494 e. The zero-order valence-corrected chi connectivity index (χ0v) is 13.9. The van der Waals surface area contributed by atoms with Gasteiger partial charge in [-0.25, -0.2) is 4.79 Å². The first-order chi connectivity index (χ1) is 11.8. The van der Waals surface area contributed by atoms with E-state index in [2.05, 4.69) is 10.6 Å². The van der Waals surface area contributed by atoms with Crippen LogP contribution in [-0.2, 0) is 12.7 Å². The summed E-state index contributed by atoms with van der Waals surface area (Å²) in [5.74, 6) is 0.0979. The van der Waals surface area contributed by atoms with E-state index in [4.69, 9.17) is 4.74 Å². The fourth-order valence-corrected chi connectivity index (χ4v) is 2.27. The summed E-state index contributed by atoms with van der Waals surface area (Å²) in [4.78, 5) is 12.0. The number of ether oxygens (including phenoxy) is 1. The summed E-state index contributed by atoms with van der Waals surface area (Å²) in [6.07, 6.45) is -4.61. The Balaban J connectivity index is 2.10. The minimum atomic E-state index is -4.61. The molecule has 2 rings (SSSR count). The van der Waals surface area contributed by atoms with Gasteiger partial charge in [0.15, 0.2) is 0 Å². The molecule has 0 unspecified atom stereocenters. The van der Waals surface area contributed by atoms with E-state index in [0.29, 0.717) is 0 Å². The highest BCUT2D eigenvalue weighted by Crippen LogP contribution is 2.37. The molecule has 0 aliphatic heterocycles. The van der Waals surface area contributed by atoms with Crippen LogP contribution in [-0.4, -0.2) is 12.6 Å².